The van der Waals surface area contributed by atoms with Crippen molar-refractivity contribution in [3.05, 3.63) is 76.6 Å². The normalized spacial score (nSPS) is 15.8. The summed E-state index contributed by atoms with van der Waals surface area (Å²) in [5, 5.41) is 13.6. The molecule has 4 nitrogen and oxygen atoms in total. The summed E-state index contributed by atoms with van der Waals surface area (Å²) in [5.41, 5.74) is 7.12. The summed E-state index contributed by atoms with van der Waals surface area (Å²) >= 11 is 0. The second-order valence-corrected chi connectivity index (χ2v) is 11.0. The first-order chi connectivity index (χ1) is 17.6. The second kappa shape index (κ2) is 13.7. The molecule has 0 saturated carbocycles. The van der Waals surface area contributed by atoms with Crippen LogP contribution in [-0.2, 0) is 6.42 Å². The molecular formula is C32H43Cl2FN2O2. The Morgan fingerprint density at radius 3 is 2.23 bits per heavy atom. The van der Waals surface area contributed by atoms with Gasteiger partial charge in [0.15, 0.2) is 11.6 Å². The Bertz CT molecular complexity index is 1250. The van der Waals surface area contributed by atoms with Gasteiger partial charge in [0, 0.05) is 30.7 Å². The minimum absolute atomic E-state index is 0. The number of ether oxygens (including phenoxy) is 1. The Morgan fingerprint density at radius 1 is 1.00 bits per heavy atom. The smallest absolute Gasteiger partial charge is 0.174 e. The van der Waals surface area contributed by atoms with Crippen molar-refractivity contribution in [1.29, 1.82) is 0 Å². The van der Waals surface area contributed by atoms with Crippen LogP contribution in [0.1, 0.15) is 81.8 Å². The number of benzene rings is 3. The zero-order chi connectivity index (χ0) is 26.9. The Kier molecular flexibility index (Phi) is 11.5. The van der Waals surface area contributed by atoms with Gasteiger partial charge in [0.2, 0.25) is 0 Å². The third-order valence-corrected chi connectivity index (χ3v) is 7.73. The van der Waals surface area contributed by atoms with Gasteiger partial charge in [-0.1, -0.05) is 58.0 Å². The summed E-state index contributed by atoms with van der Waals surface area (Å²) in [6, 6.07) is 16.9. The van der Waals surface area contributed by atoms with E-state index in [-0.39, 0.29) is 42.6 Å². The standard InChI is InChI=1S/C32H41FN2O2.2ClH/c1-19(2)18-34-29-17-25(16-28(33)32(29)36)31-27-14-15-35(22(6)26(27)12-13-30(31)37-7)21(5)24-10-8-23(9-11-24)20(3)4;;/h8-13,16-17,19-22,34,36H,14-15,18H2,1-7H3;2*1H/t21?,22-;;/m1../s1. The highest BCUT2D eigenvalue weighted by Crippen LogP contribution is 2.45. The molecule has 1 unspecified atom stereocenters. The number of hydrogen-bond acceptors (Lipinski definition) is 4. The molecule has 0 spiro atoms. The molecule has 0 aromatic heterocycles. The van der Waals surface area contributed by atoms with E-state index in [1.54, 1.807) is 7.11 Å². The molecule has 2 N–H and O–H groups in total. The molecule has 214 valence electrons. The topological polar surface area (TPSA) is 44.7 Å². The first-order valence-corrected chi connectivity index (χ1v) is 13.4. The minimum atomic E-state index is -0.632. The number of anilines is 1. The fraction of sp³-hybridized carbons (Fsp3) is 0.438. The minimum Gasteiger partial charge on any atom is -0.503 e. The van der Waals surface area contributed by atoms with E-state index in [2.05, 4.69) is 82.1 Å². The van der Waals surface area contributed by atoms with Gasteiger partial charge in [0.05, 0.1) is 12.8 Å². The first kappa shape index (κ1) is 32.7. The fourth-order valence-corrected chi connectivity index (χ4v) is 5.48. The van der Waals surface area contributed by atoms with Crippen LogP contribution in [0.15, 0.2) is 48.5 Å². The summed E-state index contributed by atoms with van der Waals surface area (Å²) in [5.74, 6) is 0.624. The maximum atomic E-state index is 14.9. The van der Waals surface area contributed by atoms with Gasteiger partial charge >= 0.3 is 0 Å². The van der Waals surface area contributed by atoms with Gasteiger partial charge in [0.1, 0.15) is 5.75 Å². The summed E-state index contributed by atoms with van der Waals surface area (Å²) in [7, 11) is 1.65. The molecule has 0 saturated heterocycles. The van der Waals surface area contributed by atoms with Gasteiger partial charge in [0.25, 0.3) is 0 Å². The third-order valence-electron chi connectivity index (χ3n) is 7.73. The fourth-order valence-electron chi connectivity index (χ4n) is 5.48. The lowest BCUT2D eigenvalue weighted by atomic mass is 9.85. The van der Waals surface area contributed by atoms with E-state index in [4.69, 9.17) is 4.74 Å². The van der Waals surface area contributed by atoms with E-state index in [0.717, 1.165) is 24.3 Å². The summed E-state index contributed by atoms with van der Waals surface area (Å²) in [6.45, 7) is 14.7. The van der Waals surface area contributed by atoms with Crippen LogP contribution < -0.4 is 10.1 Å². The van der Waals surface area contributed by atoms with E-state index < -0.39 is 5.82 Å². The number of phenols is 1. The maximum absolute atomic E-state index is 14.9. The number of hydrogen-bond donors (Lipinski definition) is 2. The van der Waals surface area contributed by atoms with E-state index in [9.17, 15) is 9.50 Å². The van der Waals surface area contributed by atoms with Crippen LogP contribution >= 0.6 is 24.8 Å². The predicted molar refractivity (Wildman–Crippen MR) is 166 cm³/mol. The van der Waals surface area contributed by atoms with Crippen LogP contribution in [0.2, 0.25) is 0 Å². The summed E-state index contributed by atoms with van der Waals surface area (Å²) in [4.78, 5) is 2.54. The first-order valence-electron chi connectivity index (χ1n) is 13.4. The van der Waals surface area contributed by atoms with Crippen LogP contribution in [0.5, 0.6) is 11.5 Å². The molecule has 0 bridgehead atoms. The maximum Gasteiger partial charge on any atom is 0.174 e. The van der Waals surface area contributed by atoms with Gasteiger partial charge < -0.3 is 15.2 Å². The van der Waals surface area contributed by atoms with Crippen LogP contribution in [0.3, 0.4) is 0 Å². The molecule has 0 amide bonds. The number of aromatic hydroxyl groups is 1. The molecule has 7 heteroatoms. The zero-order valence-corrected chi connectivity index (χ0v) is 25.7. The van der Waals surface area contributed by atoms with Crippen molar-refractivity contribution >= 4 is 30.5 Å². The van der Waals surface area contributed by atoms with Crippen molar-refractivity contribution in [2.75, 3.05) is 25.5 Å². The van der Waals surface area contributed by atoms with Crippen LogP contribution in [0, 0.1) is 11.7 Å². The lowest BCUT2D eigenvalue weighted by Gasteiger charge is -2.40. The Balaban J connectivity index is 0.00000267. The van der Waals surface area contributed by atoms with Crippen molar-refractivity contribution in [1.82, 2.24) is 4.90 Å². The van der Waals surface area contributed by atoms with Gasteiger partial charge in [-0.25, -0.2) is 4.39 Å². The third kappa shape index (κ3) is 6.82. The van der Waals surface area contributed by atoms with Crippen LogP contribution in [-0.4, -0.2) is 30.2 Å². The molecule has 3 aromatic carbocycles. The molecule has 0 radical (unpaired) electrons. The van der Waals surface area contributed by atoms with E-state index >= 15 is 0 Å². The molecular weight excluding hydrogens is 534 g/mol. The Morgan fingerprint density at radius 2 is 1.64 bits per heavy atom. The largest absolute Gasteiger partial charge is 0.503 e. The number of nitrogens with zero attached hydrogens (tertiary/aromatic N) is 1. The summed E-state index contributed by atoms with van der Waals surface area (Å²) < 4.78 is 20.7. The summed E-state index contributed by atoms with van der Waals surface area (Å²) in [6.07, 6.45) is 0.831. The number of rotatable bonds is 8. The predicted octanol–water partition coefficient (Wildman–Crippen LogP) is 8.92. The number of fused-ring (bicyclic) bond motifs is 1. The number of nitrogens with one attached hydrogen (secondary N) is 1. The number of halogens is 3. The van der Waals surface area contributed by atoms with Gasteiger partial charge in [-0.05, 0) is 78.1 Å². The molecule has 39 heavy (non-hydrogen) atoms. The van der Waals surface area contributed by atoms with Crippen LogP contribution in [0.4, 0.5) is 10.1 Å². The van der Waals surface area contributed by atoms with Gasteiger partial charge in [-0.15, -0.1) is 24.8 Å². The average Bonchev–Trinajstić information content (AvgIpc) is 2.88. The SMILES string of the molecule is COc1ccc2c(c1-c1cc(F)c(O)c(NCC(C)C)c1)CCN(C(C)c1ccc(C(C)C)cc1)[C@@H]2C.Cl.Cl. The second-order valence-electron chi connectivity index (χ2n) is 11.0. The zero-order valence-electron chi connectivity index (χ0n) is 24.0. The Hall–Kier alpha value is -2.47. The van der Waals surface area contributed by atoms with E-state index in [1.165, 1.54) is 28.3 Å². The van der Waals surface area contributed by atoms with Crippen molar-refractivity contribution < 1.29 is 14.2 Å². The molecule has 2 atom stereocenters. The highest BCUT2D eigenvalue weighted by Gasteiger charge is 2.31. The van der Waals surface area contributed by atoms with Crippen molar-refractivity contribution in [3.63, 3.8) is 0 Å². The van der Waals surface area contributed by atoms with E-state index in [1.807, 2.05) is 12.1 Å². The van der Waals surface area contributed by atoms with E-state index in [0.29, 0.717) is 29.6 Å². The van der Waals surface area contributed by atoms with Crippen molar-refractivity contribution in [3.8, 4) is 22.6 Å². The van der Waals surface area contributed by atoms with Crippen LogP contribution in [0.25, 0.3) is 11.1 Å². The molecule has 0 aliphatic carbocycles. The monoisotopic (exact) mass is 576 g/mol. The molecule has 0 fully saturated rings. The average molecular weight is 578 g/mol. The molecule has 1 heterocycles. The highest BCUT2D eigenvalue weighted by atomic mass is 35.5. The lowest BCUT2D eigenvalue weighted by molar-refractivity contribution is 0.144. The Labute approximate surface area is 245 Å². The quantitative estimate of drug-likeness (QED) is 0.263. The highest BCUT2D eigenvalue weighted by molar-refractivity contribution is 5.85. The van der Waals surface area contributed by atoms with Gasteiger partial charge in [-0.3, -0.25) is 4.90 Å². The van der Waals surface area contributed by atoms with Crippen molar-refractivity contribution in [2.24, 2.45) is 5.92 Å². The molecule has 1 aliphatic heterocycles. The van der Waals surface area contributed by atoms with Crippen molar-refractivity contribution in [2.45, 2.75) is 66.0 Å². The molecule has 1 aliphatic rings. The van der Waals surface area contributed by atoms with Gasteiger partial charge in [-0.2, -0.15) is 0 Å². The lowest BCUT2D eigenvalue weighted by Crippen LogP contribution is -2.36. The molecule has 4 rings (SSSR count). The number of phenolic OH excluding ortho intramolecular Hbond substituents is 1. The number of methoxy groups -OCH3 is 1. The molecule has 3 aromatic rings.